The van der Waals surface area contributed by atoms with Gasteiger partial charge in [-0.05, 0) is 45.8 Å². The fourth-order valence-corrected chi connectivity index (χ4v) is 3.30. The molecule has 0 heterocycles. The van der Waals surface area contributed by atoms with Gasteiger partial charge in [0.15, 0.2) is 0 Å². The first-order valence-corrected chi connectivity index (χ1v) is 7.34. The molecule has 5 heteroatoms. The Morgan fingerprint density at radius 3 is 2.78 bits per heavy atom. The summed E-state index contributed by atoms with van der Waals surface area (Å²) < 4.78 is 13.8. The van der Waals surface area contributed by atoms with Gasteiger partial charge < -0.3 is 5.73 Å². The topological polar surface area (TPSA) is 26.0 Å². The number of nitrogen functional groups attached to an aromatic ring is 1. The number of halogens is 3. The minimum atomic E-state index is -0.253. The molecule has 2 aromatic carbocycles. The summed E-state index contributed by atoms with van der Waals surface area (Å²) in [4.78, 5) is 0.932. The van der Waals surface area contributed by atoms with Crippen LogP contribution in [0.5, 0.6) is 0 Å². The third-order valence-electron chi connectivity index (χ3n) is 2.37. The molecule has 0 aromatic heterocycles. The van der Waals surface area contributed by atoms with Gasteiger partial charge in [-0.25, -0.2) is 4.39 Å². The highest BCUT2D eigenvalue weighted by atomic mass is 79.9. The van der Waals surface area contributed by atoms with Crippen LogP contribution in [0.3, 0.4) is 0 Å². The van der Waals surface area contributed by atoms with Gasteiger partial charge in [-0.3, -0.25) is 0 Å². The van der Waals surface area contributed by atoms with E-state index in [0.717, 1.165) is 10.5 Å². The van der Waals surface area contributed by atoms with E-state index in [4.69, 9.17) is 17.3 Å². The second-order valence-corrected chi connectivity index (χ2v) is 5.91. The lowest BCUT2D eigenvalue weighted by Gasteiger charge is -2.07. The second-order valence-electron chi connectivity index (χ2n) is 3.69. The van der Waals surface area contributed by atoms with Gasteiger partial charge in [0.2, 0.25) is 0 Å². The van der Waals surface area contributed by atoms with E-state index in [0.29, 0.717) is 20.9 Å². The van der Waals surface area contributed by atoms with E-state index in [-0.39, 0.29) is 5.82 Å². The van der Waals surface area contributed by atoms with E-state index in [1.165, 1.54) is 6.07 Å². The minimum absolute atomic E-state index is 0.253. The van der Waals surface area contributed by atoms with Crippen LogP contribution in [-0.4, -0.2) is 0 Å². The van der Waals surface area contributed by atoms with Crippen LogP contribution in [-0.2, 0) is 5.75 Å². The predicted molar refractivity (Wildman–Crippen MR) is 79.5 cm³/mol. The Labute approximate surface area is 123 Å². The lowest BCUT2D eigenvalue weighted by atomic mass is 10.2. The Hall–Kier alpha value is -0.710. The van der Waals surface area contributed by atoms with Gasteiger partial charge in [0.1, 0.15) is 5.82 Å². The molecule has 0 saturated heterocycles. The van der Waals surface area contributed by atoms with Crippen molar-refractivity contribution in [1.29, 1.82) is 0 Å². The van der Waals surface area contributed by atoms with Gasteiger partial charge in [-0.15, -0.1) is 11.8 Å². The highest BCUT2D eigenvalue weighted by Crippen LogP contribution is 2.33. The first-order valence-electron chi connectivity index (χ1n) is 5.18. The molecule has 0 saturated carbocycles. The van der Waals surface area contributed by atoms with E-state index < -0.39 is 0 Å². The van der Waals surface area contributed by atoms with E-state index >= 15 is 0 Å². The zero-order valence-electron chi connectivity index (χ0n) is 9.29. The molecule has 2 N–H and O–H groups in total. The molecule has 0 bridgehead atoms. The highest BCUT2D eigenvalue weighted by molar-refractivity contribution is 9.10. The molecular weight excluding hydrogens is 337 g/mol. The molecule has 0 radical (unpaired) electrons. The molecule has 0 unspecified atom stereocenters. The number of hydrogen-bond donors (Lipinski definition) is 1. The summed E-state index contributed by atoms with van der Waals surface area (Å²) in [6, 6.07) is 10.4. The van der Waals surface area contributed by atoms with Crippen molar-refractivity contribution in [2.75, 3.05) is 5.73 Å². The minimum Gasteiger partial charge on any atom is -0.399 e. The molecule has 0 aliphatic rings. The average molecular weight is 347 g/mol. The molecule has 2 aromatic rings. The lowest BCUT2D eigenvalue weighted by molar-refractivity contribution is 0.619. The summed E-state index contributed by atoms with van der Waals surface area (Å²) in [5, 5.41) is 0.618. The van der Waals surface area contributed by atoms with Crippen molar-refractivity contribution in [2.24, 2.45) is 0 Å². The largest absolute Gasteiger partial charge is 0.399 e. The van der Waals surface area contributed by atoms with Crippen molar-refractivity contribution in [3.8, 4) is 0 Å². The van der Waals surface area contributed by atoms with Gasteiger partial charge in [-0.2, -0.15) is 0 Å². The van der Waals surface area contributed by atoms with E-state index in [9.17, 15) is 4.39 Å². The van der Waals surface area contributed by atoms with Crippen LogP contribution in [0, 0.1) is 5.82 Å². The number of rotatable bonds is 3. The summed E-state index contributed by atoms with van der Waals surface area (Å²) >= 11 is 10.9. The van der Waals surface area contributed by atoms with Crippen molar-refractivity contribution < 1.29 is 4.39 Å². The third-order valence-corrected chi connectivity index (χ3v) is 4.81. The molecule has 0 spiro atoms. The zero-order chi connectivity index (χ0) is 13.1. The highest BCUT2D eigenvalue weighted by Gasteiger charge is 2.07. The van der Waals surface area contributed by atoms with Crippen LogP contribution >= 0.6 is 39.3 Å². The SMILES string of the molecule is Nc1ccc(SCc2cccc(F)c2Br)c(Cl)c1. The lowest BCUT2D eigenvalue weighted by Crippen LogP contribution is -1.88. The number of anilines is 1. The Morgan fingerprint density at radius 1 is 1.28 bits per heavy atom. The van der Waals surface area contributed by atoms with Gasteiger partial charge in [-0.1, -0.05) is 23.7 Å². The van der Waals surface area contributed by atoms with Crippen LogP contribution in [0.1, 0.15) is 5.56 Å². The molecule has 94 valence electrons. The standard InChI is InChI=1S/C13H10BrClFNS/c14-13-8(2-1-3-11(13)16)7-18-12-5-4-9(17)6-10(12)15/h1-6H,7,17H2. The molecule has 2 rings (SSSR count). The summed E-state index contributed by atoms with van der Waals surface area (Å²) in [5.41, 5.74) is 7.16. The second kappa shape index (κ2) is 5.95. The quantitative estimate of drug-likeness (QED) is 0.617. The molecule has 1 nitrogen and oxygen atoms in total. The maximum atomic E-state index is 13.3. The van der Waals surface area contributed by atoms with Gasteiger partial charge >= 0.3 is 0 Å². The Kier molecular flexibility index (Phi) is 4.54. The fourth-order valence-electron chi connectivity index (χ4n) is 1.45. The van der Waals surface area contributed by atoms with Crippen molar-refractivity contribution in [2.45, 2.75) is 10.6 Å². The number of benzene rings is 2. The van der Waals surface area contributed by atoms with Gasteiger partial charge in [0, 0.05) is 16.3 Å². The molecule has 0 fully saturated rings. The number of thioether (sulfide) groups is 1. The number of hydrogen-bond acceptors (Lipinski definition) is 2. The van der Waals surface area contributed by atoms with Crippen LogP contribution < -0.4 is 5.73 Å². The van der Waals surface area contributed by atoms with Gasteiger partial charge in [0.25, 0.3) is 0 Å². The van der Waals surface area contributed by atoms with Gasteiger partial charge in [0.05, 0.1) is 9.50 Å². The summed E-state index contributed by atoms with van der Waals surface area (Å²) in [6.07, 6.45) is 0. The smallest absolute Gasteiger partial charge is 0.137 e. The normalized spacial score (nSPS) is 10.6. The van der Waals surface area contributed by atoms with Crippen molar-refractivity contribution >= 4 is 45.0 Å². The first-order chi connectivity index (χ1) is 8.58. The Bertz CT molecular complexity index is 577. The number of nitrogens with two attached hydrogens (primary N) is 1. The Morgan fingerprint density at radius 2 is 2.06 bits per heavy atom. The van der Waals surface area contributed by atoms with E-state index in [1.54, 1.807) is 30.0 Å². The molecule has 0 amide bonds. The van der Waals surface area contributed by atoms with Crippen LogP contribution in [0.15, 0.2) is 45.8 Å². The third kappa shape index (κ3) is 3.19. The molecule has 0 aliphatic carbocycles. The molecular formula is C13H10BrClFNS. The molecule has 18 heavy (non-hydrogen) atoms. The summed E-state index contributed by atoms with van der Waals surface area (Å²) in [6.45, 7) is 0. The maximum absolute atomic E-state index is 13.3. The monoisotopic (exact) mass is 345 g/mol. The predicted octanol–water partition coefficient (Wildman–Crippen LogP) is 5.12. The Balaban J connectivity index is 2.14. The fraction of sp³-hybridized carbons (Fsp3) is 0.0769. The first kappa shape index (κ1) is 13.7. The summed E-state index contributed by atoms with van der Waals surface area (Å²) in [7, 11) is 0. The van der Waals surface area contributed by atoms with Crippen molar-refractivity contribution in [3.63, 3.8) is 0 Å². The van der Waals surface area contributed by atoms with Crippen LogP contribution in [0.4, 0.5) is 10.1 Å². The van der Waals surface area contributed by atoms with E-state index in [1.807, 2.05) is 12.1 Å². The van der Waals surface area contributed by atoms with Crippen molar-refractivity contribution in [1.82, 2.24) is 0 Å². The zero-order valence-corrected chi connectivity index (χ0v) is 12.4. The van der Waals surface area contributed by atoms with Crippen molar-refractivity contribution in [3.05, 3.63) is 57.3 Å². The van der Waals surface area contributed by atoms with E-state index in [2.05, 4.69) is 15.9 Å². The van der Waals surface area contributed by atoms with Crippen LogP contribution in [0.2, 0.25) is 5.02 Å². The van der Waals surface area contributed by atoms with Crippen LogP contribution in [0.25, 0.3) is 0 Å². The molecule has 0 aliphatic heterocycles. The maximum Gasteiger partial charge on any atom is 0.137 e. The average Bonchev–Trinajstić information content (AvgIpc) is 2.33. The summed E-state index contributed by atoms with van der Waals surface area (Å²) in [5.74, 6) is 0.388. The molecule has 0 atom stereocenters.